The average molecular weight is 521 g/mol. The number of carbonyl (C=O) groups excluding carboxylic acids is 2. The molecule has 3 rings (SSSR count). The number of rotatable bonds is 8. The highest BCUT2D eigenvalue weighted by atomic mass is 19.1. The van der Waals surface area contributed by atoms with Crippen LogP contribution in [-0.4, -0.2) is 11.9 Å². The SMILES string of the molecule is C=CC(=O)OC=COc1ccc(C#Cc2ccc(C#Cc3cccc(OC=COC(=O)C=C)c3)c(F)c2)cc1. The molecule has 39 heavy (non-hydrogen) atoms. The van der Waals surface area contributed by atoms with Crippen LogP contribution in [0.4, 0.5) is 4.39 Å². The van der Waals surface area contributed by atoms with Crippen LogP contribution in [0, 0.1) is 29.5 Å². The first-order valence-electron chi connectivity index (χ1n) is 11.3. The summed E-state index contributed by atoms with van der Waals surface area (Å²) in [6.07, 6.45) is 6.71. The van der Waals surface area contributed by atoms with E-state index in [2.05, 4.69) is 46.3 Å². The molecule has 0 atom stereocenters. The third-order valence-electron chi connectivity index (χ3n) is 4.57. The predicted molar refractivity (Wildman–Crippen MR) is 143 cm³/mol. The Morgan fingerprint density at radius 3 is 1.85 bits per heavy atom. The topological polar surface area (TPSA) is 71.1 Å². The van der Waals surface area contributed by atoms with Crippen molar-refractivity contribution in [3.8, 4) is 35.2 Å². The van der Waals surface area contributed by atoms with Gasteiger partial charge in [0.15, 0.2) is 0 Å². The van der Waals surface area contributed by atoms with E-state index in [4.69, 9.17) is 9.47 Å². The van der Waals surface area contributed by atoms with Gasteiger partial charge in [0.1, 0.15) is 42.4 Å². The Balaban J connectivity index is 1.60. The fourth-order valence-electron chi connectivity index (χ4n) is 2.74. The third-order valence-corrected chi connectivity index (χ3v) is 4.57. The maximum Gasteiger partial charge on any atom is 0.335 e. The van der Waals surface area contributed by atoms with Crippen molar-refractivity contribution in [1.82, 2.24) is 0 Å². The van der Waals surface area contributed by atoms with E-state index in [9.17, 15) is 14.0 Å². The molecule has 0 saturated carbocycles. The molecule has 0 spiro atoms. The summed E-state index contributed by atoms with van der Waals surface area (Å²) in [6, 6.07) is 18.3. The van der Waals surface area contributed by atoms with Gasteiger partial charge in [-0.05, 0) is 60.7 Å². The highest BCUT2D eigenvalue weighted by Gasteiger charge is 2.01. The molecular formula is C32H21FO6. The Kier molecular flexibility index (Phi) is 10.5. The van der Waals surface area contributed by atoms with E-state index in [1.165, 1.54) is 18.6 Å². The first-order chi connectivity index (χ1) is 19.0. The smallest absolute Gasteiger partial charge is 0.335 e. The lowest BCUT2D eigenvalue weighted by atomic mass is 10.1. The fraction of sp³-hybridized carbons (Fsp3) is 0. The zero-order valence-corrected chi connectivity index (χ0v) is 20.6. The second-order valence-corrected chi connectivity index (χ2v) is 7.31. The predicted octanol–water partition coefficient (Wildman–Crippen LogP) is 5.78. The van der Waals surface area contributed by atoms with Gasteiger partial charge in [-0.3, -0.25) is 0 Å². The molecule has 0 aromatic heterocycles. The van der Waals surface area contributed by atoms with Gasteiger partial charge >= 0.3 is 11.9 Å². The molecule has 6 nitrogen and oxygen atoms in total. The number of hydrogen-bond donors (Lipinski definition) is 0. The van der Waals surface area contributed by atoms with Gasteiger partial charge in [0.2, 0.25) is 0 Å². The molecule has 0 amide bonds. The van der Waals surface area contributed by atoms with Crippen molar-refractivity contribution in [2.45, 2.75) is 0 Å². The molecular weight excluding hydrogens is 499 g/mol. The largest absolute Gasteiger partial charge is 0.462 e. The van der Waals surface area contributed by atoms with Crippen molar-refractivity contribution in [2.75, 3.05) is 0 Å². The Morgan fingerprint density at radius 2 is 1.21 bits per heavy atom. The molecule has 0 aliphatic rings. The third kappa shape index (κ3) is 9.64. The first-order valence-corrected chi connectivity index (χ1v) is 11.3. The molecule has 0 heterocycles. The van der Waals surface area contributed by atoms with Crippen LogP contribution in [-0.2, 0) is 19.1 Å². The second-order valence-electron chi connectivity index (χ2n) is 7.31. The summed E-state index contributed by atoms with van der Waals surface area (Å²) in [5, 5.41) is 0. The highest BCUT2D eigenvalue weighted by Crippen LogP contribution is 2.15. The summed E-state index contributed by atoms with van der Waals surface area (Å²) in [6.45, 7) is 6.58. The lowest BCUT2D eigenvalue weighted by Crippen LogP contribution is -1.93. The standard InChI is InChI=1S/C32H21FO6/c1-3-31(34)38-20-18-36-28-16-12-24(13-17-28)8-9-26-11-15-27(30(33)23-26)14-10-25-6-5-7-29(22-25)37-19-21-39-32(35)4-2/h3-7,11-13,15-23H,1-2H2. The summed E-state index contributed by atoms with van der Waals surface area (Å²) in [4.78, 5) is 21.9. The highest BCUT2D eigenvalue weighted by molar-refractivity contribution is 5.82. The minimum Gasteiger partial charge on any atom is -0.462 e. The van der Waals surface area contributed by atoms with Gasteiger partial charge in [-0.1, -0.05) is 42.9 Å². The van der Waals surface area contributed by atoms with E-state index in [1.54, 1.807) is 60.7 Å². The number of ether oxygens (including phenoxy) is 4. The molecule has 0 fully saturated rings. The molecule has 0 N–H and O–H groups in total. The monoisotopic (exact) mass is 520 g/mol. The quantitative estimate of drug-likeness (QED) is 0.162. The average Bonchev–Trinajstić information content (AvgIpc) is 2.96. The zero-order valence-electron chi connectivity index (χ0n) is 20.6. The van der Waals surface area contributed by atoms with Gasteiger partial charge < -0.3 is 18.9 Å². The van der Waals surface area contributed by atoms with E-state index < -0.39 is 17.8 Å². The van der Waals surface area contributed by atoms with Gasteiger partial charge in [-0.2, -0.15) is 0 Å². The van der Waals surface area contributed by atoms with Crippen LogP contribution in [0.1, 0.15) is 22.3 Å². The number of benzene rings is 3. The molecule has 0 aliphatic heterocycles. The van der Waals surface area contributed by atoms with Crippen LogP contribution >= 0.6 is 0 Å². The number of halogens is 1. The summed E-state index contributed by atoms with van der Waals surface area (Å²) in [5.41, 5.74) is 2.01. The molecule has 0 aliphatic carbocycles. The molecule has 0 radical (unpaired) electrons. The molecule has 3 aromatic carbocycles. The van der Waals surface area contributed by atoms with Crippen molar-refractivity contribution in [3.63, 3.8) is 0 Å². The van der Waals surface area contributed by atoms with Crippen molar-refractivity contribution in [3.05, 3.63) is 145 Å². The number of hydrogen-bond acceptors (Lipinski definition) is 6. The fourth-order valence-corrected chi connectivity index (χ4v) is 2.74. The van der Waals surface area contributed by atoms with Crippen molar-refractivity contribution in [2.24, 2.45) is 0 Å². The molecule has 3 aromatic rings. The van der Waals surface area contributed by atoms with Gasteiger partial charge in [0.25, 0.3) is 0 Å². The van der Waals surface area contributed by atoms with E-state index in [0.29, 0.717) is 28.2 Å². The summed E-state index contributed by atoms with van der Waals surface area (Å²) in [5.74, 6) is 10.9. The van der Waals surface area contributed by atoms with Crippen molar-refractivity contribution in [1.29, 1.82) is 0 Å². The van der Waals surface area contributed by atoms with Crippen molar-refractivity contribution >= 4 is 11.9 Å². The van der Waals surface area contributed by atoms with Crippen LogP contribution in [0.15, 0.2) is 117 Å². The normalized spacial score (nSPS) is 9.97. The molecule has 192 valence electrons. The lowest BCUT2D eigenvalue weighted by molar-refractivity contribution is -0.133. The van der Waals surface area contributed by atoms with Crippen LogP contribution < -0.4 is 9.47 Å². The molecule has 0 bridgehead atoms. The Hall–Kier alpha value is -5.79. The number of carbonyl (C=O) groups is 2. The van der Waals surface area contributed by atoms with Crippen LogP contribution in [0.2, 0.25) is 0 Å². The van der Waals surface area contributed by atoms with Crippen LogP contribution in [0.25, 0.3) is 0 Å². The van der Waals surface area contributed by atoms with E-state index >= 15 is 0 Å². The van der Waals surface area contributed by atoms with Gasteiger partial charge in [0, 0.05) is 28.8 Å². The van der Waals surface area contributed by atoms with Gasteiger partial charge in [0.05, 0.1) is 5.56 Å². The minimum atomic E-state index is -0.603. The lowest BCUT2D eigenvalue weighted by Gasteiger charge is -2.00. The summed E-state index contributed by atoms with van der Waals surface area (Å²) in [7, 11) is 0. The van der Waals surface area contributed by atoms with E-state index in [-0.39, 0.29) is 5.56 Å². The molecule has 0 unspecified atom stereocenters. The molecule has 7 heteroatoms. The summed E-state index contributed by atoms with van der Waals surface area (Å²) < 4.78 is 34.6. The second kappa shape index (κ2) is 14.7. The Bertz CT molecular complexity index is 1540. The Labute approximate surface area is 225 Å². The molecule has 0 saturated heterocycles. The van der Waals surface area contributed by atoms with Crippen LogP contribution in [0.3, 0.4) is 0 Å². The van der Waals surface area contributed by atoms with Crippen molar-refractivity contribution < 1.29 is 32.9 Å². The van der Waals surface area contributed by atoms with Gasteiger partial charge in [-0.25, -0.2) is 14.0 Å². The summed E-state index contributed by atoms with van der Waals surface area (Å²) >= 11 is 0. The first kappa shape index (κ1) is 27.8. The maximum atomic E-state index is 14.6. The zero-order chi connectivity index (χ0) is 27.9. The maximum absolute atomic E-state index is 14.6. The van der Waals surface area contributed by atoms with Gasteiger partial charge in [-0.15, -0.1) is 0 Å². The Morgan fingerprint density at radius 1 is 0.641 bits per heavy atom. The van der Waals surface area contributed by atoms with E-state index in [0.717, 1.165) is 24.7 Å². The number of esters is 2. The van der Waals surface area contributed by atoms with E-state index in [1.807, 2.05) is 0 Å². The van der Waals surface area contributed by atoms with Crippen LogP contribution in [0.5, 0.6) is 11.5 Å². The minimum absolute atomic E-state index is 0.219.